The van der Waals surface area contributed by atoms with Gasteiger partial charge in [-0.3, -0.25) is 0 Å². The normalized spacial score (nSPS) is 15.1. The molecular formula is C13H23NS. The third-order valence-corrected chi connectivity index (χ3v) is 4.25. The van der Waals surface area contributed by atoms with Crippen LogP contribution in [0.5, 0.6) is 0 Å². The summed E-state index contributed by atoms with van der Waals surface area (Å²) in [6.45, 7) is 5.35. The van der Waals surface area contributed by atoms with E-state index in [0.29, 0.717) is 5.41 Å². The Labute approximate surface area is 97.7 Å². The fourth-order valence-electron chi connectivity index (χ4n) is 2.04. The van der Waals surface area contributed by atoms with E-state index in [0.717, 1.165) is 13.0 Å². The largest absolute Gasteiger partial charge is 0.330 e. The van der Waals surface area contributed by atoms with Gasteiger partial charge in [0.15, 0.2) is 0 Å². The lowest BCUT2D eigenvalue weighted by Gasteiger charge is -2.31. The van der Waals surface area contributed by atoms with Crippen LogP contribution in [0.4, 0.5) is 0 Å². The summed E-state index contributed by atoms with van der Waals surface area (Å²) >= 11 is 1.86. The summed E-state index contributed by atoms with van der Waals surface area (Å²) in [5.74, 6) is 0. The third kappa shape index (κ3) is 3.62. The van der Waals surface area contributed by atoms with Crippen molar-refractivity contribution in [2.45, 2.75) is 46.0 Å². The Bertz CT molecular complexity index is 250. The molecule has 15 heavy (non-hydrogen) atoms. The van der Waals surface area contributed by atoms with Crippen LogP contribution in [-0.4, -0.2) is 6.54 Å². The van der Waals surface area contributed by atoms with Crippen molar-refractivity contribution in [3.8, 4) is 0 Å². The summed E-state index contributed by atoms with van der Waals surface area (Å²) < 4.78 is 0. The van der Waals surface area contributed by atoms with E-state index in [2.05, 4.69) is 31.4 Å². The molecule has 86 valence electrons. The van der Waals surface area contributed by atoms with Crippen LogP contribution in [-0.2, 0) is 6.42 Å². The van der Waals surface area contributed by atoms with Crippen LogP contribution in [0.1, 0.15) is 44.4 Å². The molecule has 0 aromatic carbocycles. The van der Waals surface area contributed by atoms with Crippen LogP contribution in [0.3, 0.4) is 0 Å². The van der Waals surface area contributed by atoms with E-state index in [1.54, 1.807) is 0 Å². The topological polar surface area (TPSA) is 26.0 Å². The van der Waals surface area contributed by atoms with E-state index in [9.17, 15) is 0 Å². The van der Waals surface area contributed by atoms with Gasteiger partial charge in [0.2, 0.25) is 0 Å². The maximum atomic E-state index is 5.98. The Kier molecular flexibility index (Phi) is 5.34. The number of rotatable bonds is 7. The van der Waals surface area contributed by atoms with Crippen molar-refractivity contribution >= 4 is 11.3 Å². The van der Waals surface area contributed by atoms with Crippen molar-refractivity contribution in [2.75, 3.05) is 6.54 Å². The predicted molar refractivity (Wildman–Crippen MR) is 69.3 cm³/mol. The molecule has 1 heterocycles. The van der Waals surface area contributed by atoms with Gasteiger partial charge < -0.3 is 5.73 Å². The highest BCUT2D eigenvalue weighted by Crippen LogP contribution is 2.33. The number of thiophene rings is 1. The van der Waals surface area contributed by atoms with Crippen molar-refractivity contribution in [3.63, 3.8) is 0 Å². The number of hydrogen-bond donors (Lipinski definition) is 1. The zero-order valence-electron chi connectivity index (χ0n) is 9.96. The Morgan fingerprint density at radius 3 is 2.67 bits per heavy atom. The lowest BCUT2D eigenvalue weighted by atomic mass is 9.77. The van der Waals surface area contributed by atoms with Gasteiger partial charge in [-0.15, -0.1) is 11.3 Å². The van der Waals surface area contributed by atoms with Crippen LogP contribution in [0.2, 0.25) is 0 Å². The summed E-state index contributed by atoms with van der Waals surface area (Å²) in [6, 6.07) is 4.37. The molecule has 0 fully saturated rings. The number of nitrogens with two attached hydrogens (primary N) is 1. The first-order chi connectivity index (χ1) is 7.26. The molecule has 0 amide bonds. The standard InChI is InChI=1S/C13H23NS/c1-3-5-8-13(4-2,11-14)10-12-7-6-9-15-12/h6-7,9H,3-5,8,10-11,14H2,1-2H3. The first-order valence-corrected chi connectivity index (χ1v) is 6.87. The number of unbranched alkanes of at least 4 members (excludes halogenated alkanes) is 1. The molecule has 0 aliphatic heterocycles. The minimum atomic E-state index is 0.348. The monoisotopic (exact) mass is 225 g/mol. The van der Waals surface area contributed by atoms with E-state index in [4.69, 9.17) is 5.73 Å². The summed E-state index contributed by atoms with van der Waals surface area (Å²) in [4.78, 5) is 1.48. The molecule has 0 radical (unpaired) electrons. The zero-order valence-corrected chi connectivity index (χ0v) is 10.8. The summed E-state index contributed by atoms with van der Waals surface area (Å²) in [5, 5.41) is 2.16. The first kappa shape index (κ1) is 12.7. The molecule has 1 aromatic heterocycles. The van der Waals surface area contributed by atoms with Gasteiger partial charge in [-0.05, 0) is 42.7 Å². The van der Waals surface area contributed by atoms with Gasteiger partial charge in [0.1, 0.15) is 0 Å². The summed E-state index contributed by atoms with van der Waals surface area (Å²) in [5.41, 5.74) is 6.33. The van der Waals surface area contributed by atoms with Crippen molar-refractivity contribution in [1.29, 1.82) is 0 Å². The molecule has 0 aliphatic carbocycles. The maximum Gasteiger partial charge on any atom is 0.00512 e. The summed E-state index contributed by atoms with van der Waals surface area (Å²) in [7, 11) is 0. The molecular weight excluding hydrogens is 202 g/mol. The molecule has 0 saturated heterocycles. The highest BCUT2D eigenvalue weighted by Gasteiger charge is 2.26. The quantitative estimate of drug-likeness (QED) is 0.749. The van der Waals surface area contributed by atoms with E-state index in [1.807, 2.05) is 11.3 Å². The second-order valence-corrected chi connectivity index (χ2v) is 5.45. The van der Waals surface area contributed by atoms with Crippen LogP contribution >= 0.6 is 11.3 Å². The lowest BCUT2D eigenvalue weighted by Crippen LogP contribution is -2.32. The van der Waals surface area contributed by atoms with E-state index in [1.165, 1.54) is 30.6 Å². The summed E-state index contributed by atoms with van der Waals surface area (Å²) in [6.07, 6.45) is 6.20. The molecule has 1 nitrogen and oxygen atoms in total. The van der Waals surface area contributed by atoms with Gasteiger partial charge in [-0.2, -0.15) is 0 Å². The maximum absolute atomic E-state index is 5.98. The van der Waals surface area contributed by atoms with Gasteiger partial charge in [0.25, 0.3) is 0 Å². The molecule has 1 aromatic rings. The molecule has 1 unspecified atom stereocenters. The Balaban J connectivity index is 2.63. The van der Waals surface area contributed by atoms with Crippen LogP contribution in [0, 0.1) is 5.41 Å². The van der Waals surface area contributed by atoms with Gasteiger partial charge >= 0.3 is 0 Å². The smallest absolute Gasteiger partial charge is 0.00512 e. The average Bonchev–Trinajstić information content (AvgIpc) is 2.77. The molecule has 0 aliphatic rings. The molecule has 0 bridgehead atoms. The molecule has 2 heteroatoms. The van der Waals surface area contributed by atoms with Gasteiger partial charge in [-0.1, -0.05) is 32.8 Å². The van der Waals surface area contributed by atoms with Crippen LogP contribution in [0.25, 0.3) is 0 Å². The van der Waals surface area contributed by atoms with Crippen molar-refractivity contribution < 1.29 is 0 Å². The minimum absolute atomic E-state index is 0.348. The zero-order chi connectivity index (χ0) is 11.1. The lowest BCUT2D eigenvalue weighted by molar-refractivity contribution is 0.253. The van der Waals surface area contributed by atoms with Gasteiger partial charge in [-0.25, -0.2) is 0 Å². The SMILES string of the molecule is CCCCC(CC)(CN)Cc1cccs1. The molecule has 0 spiro atoms. The van der Waals surface area contributed by atoms with Crippen LogP contribution in [0.15, 0.2) is 17.5 Å². The van der Waals surface area contributed by atoms with E-state index in [-0.39, 0.29) is 0 Å². The van der Waals surface area contributed by atoms with Crippen molar-refractivity contribution in [3.05, 3.63) is 22.4 Å². The first-order valence-electron chi connectivity index (χ1n) is 5.99. The van der Waals surface area contributed by atoms with Crippen molar-refractivity contribution in [1.82, 2.24) is 0 Å². The highest BCUT2D eigenvalue weighted by atomic mass is 32.1. The predicted octanol–water partition coefficient (Wildman–Crippen LogP) is 3.84. The van der Waals surface area contributed by atoms with Crippen molar-refractivity contribution in [2.24, 2.45) is 11.1 Å². The third-order valence-electron chi connectivity index (χ3n) is 3.37. The molecule has 1 atom stereocenters. The van der Waals surface area contributed by atoms with Gasteiger partial charge in [0, 0.05) is 4.88 Å². The molecule has 1 rings (SSSR count). The molecule has 0 saturated carbocycles. The average molecular weight is 225 g/mol. The highest BCUT2D eigenvalue weighted by molar-refractivity contribution is 7.09. The fraction of sp³-hybridized carbons (Fsp3) is 0.692. The minimum Gasteiger partial charge on any atom is -0.330 e. The van der Waals surface area contributed by atoms with E-state index < -0.39 is 0 Å². The van der Waals surface area contributed by atoms with Crippen LogP contribution < -0.4 is 5.73 Å². The fourth-order valence-corrected chi connectivity index (χ4v) is 2.92. The Morgan fingerprint density at radius 2 is 2.20 bits per heavy atom. The Hall–Kier alpha value is -0.340. The second kappa shape index (κ2) is 6.29. The molecule has 2 N–H and O–H groups in total. The Morgan fingerprint density at radius 1 is 1.40 bits per heavy atom. The van der Waals surface area contributed by atoms with Gasteiger partial charge in [0.05, 0.1) is 0 Å². The number of hydrogen-bond acceptors (Lipinski definition) is 2. The van der Waals surface area contributed by atoms with E-state index >= 15 is 0 Å². The second-order valence-electron chi connectivity index (χ2n) is 4.42.